The number of ether oxygens (including phenoxy) is 1. The Kier molecular flexibility index (Phi) is 4.42. The average Bonchev–Trinajstić information content (AvgIpc) is 3.11. The average molecular weight is 396 g/mol. The maximum absolute atomic E-state index is 13.0. The molecule has 0 spiro atoms. The smallest absolute Gasteiger partial charge is 0.274 e. The second kappa shape index (κ2) is 7.37. The monoisotopic (exact) mass is 396 g/mol. The zero-order chi connectivity index (χ0) is 19.6. The molecule has 29 heavy (non-hydrogen) atoms. The van der Waals surface area contributed by atoms with Gasteiger partial charge in [0, 0.05) is 11.8 Å². The SMILES string of the molecule is O=c1c2cc(-c3ccccc3)cnc2sn1-c1ccc(Oc2ccccc2)cc1. The van der Waals surface area contributed by atoms with E-state index < -0.39 is 0 Å². The summed E-state index contributed by atoms with van der Waals surface area (Å²) in [4.78, 5) is 18.2. The molecule has 2 heterocycles. The molecule has 0 amide bonds. The van der Waals surface area contributed by atoms with Crippen LogP contribution >= 0.6 is 11.5 Å². The van der Waals surface area contributed by atoms with Crippen molar-refractivity contribution in [3.63, 3.8) is 0 Å². The van der Waals surface area contributed by atoms with Crippen LogP contribution < -0.4 is 10.3 Å². The molecule has 0 unspecified atom stereocenters. The largest absolute Gasteiger partial charge is 0.457 e. The Bertz CT molecular complexity index is 1320. The first-order chi connectivity index (χ1) is 14.3. The van der Waals surface area contributed by atoms with E-state index in [0.29, 0.717) is 5.39 Å². The standard InChI is InChI=1S/C24H16N2O2S/c27-24-22-15-18(17-7-3-1-4-8-17)16-25-23(22)29-26(24)19-11-13-21(14-12-19)28-20-9-5-2-6-10-20/h1-16H. The molecule has 0 bridgehead atoms. The maximum atomic E-state index is 13.0. The van der Waals surface area contributed by atoms with Crippen molar-refractivity contribution in [1.29, 1.82) is 0 Å². The van der Waals surface area contributed by atoms with E-state index in [1.807, 2.05) is 97.2 Å². The molecule has 0 saturated carbocycles. The second-order valence-corrected chi connectivity index (χ2v) is 7.48. The van der Waals surface area contributed by atoms with Gasteiger partial charge >= 0.3 is 0 Å². The third kappa shape index (κ3) is 3.44. The summed E-state index contributed by atoms with van der Waals surface area (Å²) in [5, 5.41) is 0.626. The van der Waals surface area contributed by atoms with Gasteiger partial charge in [-0.1, -0.05) is 48.5 Å². The molecule has 3 aromatic carbocycles. The molecular formula is C24H16N2O2S. The molecule has 2 aromatic heterocycles. The Hall–Kier alpha value is -3.70. The molecule has 0 atom stereocenters. The van der Waals surface area contributed by atoms with Crippen molar-refractivity contribution >= 4 is 21.7 Å². The van der Waals surface area contributed by atoms with Gasteiger partial charge in [0.25, 0.3) is 5.56 Å². The number of fused-ring (bicyclic) bond motifs is 1. The van der Waals surface area contributed by atoms with Gasteiger partial charge in [-0.15, -0.1) is 0 Å². The summed E-state index contributed by atoms with van der Waals surface area (Å²) in [6.07, 6.45) is 1.81. The van der Waals surface area contributed by atoms with E-state index in [0.717, 1.165) is 33.1 Å². The fourth-order valence-corrected chi connectivity index (χ4v) is 4.07. The number of benzene rings is 3. The Balaban J connectivity index is 1.48. The van der Waals surface area contributed by atoms with Gasteiger partial charge in [0.15, 0.2) is 0 Å². The van der Waals surface area contributed by atoms with E-state index in [9.17, 15) is 4.79 Å². The zero-order valence-corrected chi connectivity index (χ0v) is 16.2. The fraction of sp³-hybridized carbons (Fsp3) is 0. The summed E-state index contributed by atoms with van der Waals surface area (Å²) < 4.78 is 7.49. The maximum Gasteiger partial charge on any atom is 0.274 e. The van der Waals surface area contributed by atoms with Crippen molar-refractivity contribution in [3.8, 4) is 28.3 Å². The molecule has 0 radical (unpaired) electrons. The minimum atomic E-state index is -0.0630. The van der Waals surface area contributed by atoms with Crippen molar-refractivity contribution < 1.29 is 4.74 Å². The van der Waals surface area contributed by atoms with E-state index >= 15 is 0 Å². The van der Waals surface area contributed by atoms with Crippen molar-refractivity contribution in [2.24, 2.45) is 0 Å². The van der Waals surface area contributed by atoms with Crippen LogP contribution in [0.25, 0.3) is 27.0 Å². The number of para-hydroxylation sites is 1. The predicted molar refractivity (Wildman–Crippen MR) is 117 cm³/mol. The molecule has 0 aliphatic carbocycles. The first-order valence-electron chi connectivity index (χ1n) is 9.19. The van der Waals surface area contributed by atoms with Crippen molar-refractivity contribution in [3.05, 3.63) is 108 Å². The van der Waals surface area contributed by atoms with Crippen LogP contribution in [-0.2, 0) is 0 Å². The van der Waals surface area contributed by atoms with Crippen LogP contribution in [0.4, 0.5) is 0 Å². The lowest BCUT2D eigenvalue weighted by Gasteiger charge is -2.06. The van der Waals surface area contributed by atoms with E-state index in [1.165, 1.54) is 11.5 Å². The molecule has 4 nitrogen and oxygen atoms in total. The Morgan fingerprint density at radius 1 is 0.759 bits per heavy atom. The minimum absolute atomic E-state index is 0.0630. The van der Waals surface area contributed by atoms with Crippen LogP contribution in [0.1, 0.15) is 0 Å². The van der Waals surface area contributed by atoms with E-state index in [4.69, 9.17) is 4.74 Å². The zero-order valence-electron chi connectivity index (χ0n) is 15.4. The molecule has 0 aliphatic rings. The topological polar surface area (TPSA) is 44.1 Å². The minimum Gasteiger partial charge on any atom is -0.457 e. The van der Waals surface area contributed by atoms with Gasteiger partial charge in [-0.05, 0) is 59.6 Å². The molecule has 0 saturated heterocycles. The van der Waals surface area contributed by atoms with Gasteiger partial charge in [-0.25, -0.2) is 8.94 Å². The summed E-state index contributed by atoms with van der Waals surface area (Å²) in [6, 6.07) is 29.0. The summed E-state index contributed by atoms with van der Waals surface area (Å²) >= 11 is 1.34. The van der Waals surface area contributed by atoms with Gasteiger partial charge in [-0.2, -0.15) is 0 Å². The Labute approximate surface area is 171 Å². The highest BCUT2D eigenvalue weighted by atomic mass is 32.1. The van der Waals surface area contributed by atoms with Crippen molar-refractivity contribution in [1.82, 2.24) is 8.94 Å². The molecule has 5 rings (SSSR count). The van der Waals surface area contributed by atoms with E-state index in [2.05, 4.69) is 4.98 Å². The van der Waals surface area contributed by atoms with Gasteiger partial charge in [0.05, 0.1) is 11.1 Å². The highest BCUT2D eigenvalue weighted by Gasteiger charge is 2.12. The van der Waals surface area contributed by atoms with Crippen LogP contribution in [-0.4, -0.2) is 8.94 Å². The third-order valence-corrected chi connectivity index (χ3v) is 5.66. The fourth-order valence-electron chi connectivity index (χ4n) is 3.15. The lowest BCUT2D eigenvalue weighted by atomic mass is 10.1. The molecule has 0 fully saturated rings. The number of hydrogen-bond acceptors (Lipinski definition) is 4. The number of pyridine rings is 1. The van der Waals surface area contributed by atoms with Crippen LogP contribution in [0, 0.1) is 0 Å². The summed E-state index contributed by atoms with van der Waals surface area (Å²) in [5.74, 6) is 1.50. The van der Waals surface area contributed by atoms with Crippen LogP contribution in [0.3, 0.4) is 0 Å². The normalized spacial score (nSPS) is 10.9. The van der Waals surface area contributed by atoms with Gasteiger partial charge in [-0.3, -0.25) is 4.79 Å². The van der Waals surface area contributed by atoms with Gasteiger partial charge in [0.1, 0.15) is 16.3 Å². The molecule has 140 valence electrons. The second-order valence-electron chi connectivity index (χ2n) is 6.54. The van der Waals surface area contributed by atoms with Crippen molar-refractivity contribution in [2.75, 3.05) is 0 Å². The Morgan fingerprint density at radius 2 is 1.41 bits per heavy atom. The van der Waals surface area contributed by atoms with E-state index in [1.54, 1.807) is 3.96 Å². The third-order valence-electron chi connectivity index (χ3n) is 4.60. The number of aromatic nitrogens is 2. The predicted octanol–water partition coefficient (Wildman–Crippen LogP) is 5.91. The number of hydrogen-bond donors (Lipinski definition) is 0. The summed E-state index contributed by atoms with van der Waals surface area (Å²) in [5.41, 5.74) is 2.71. The van der Waals surface area contributed by atoms with Crippen molar-refractivity contribution in [2.45, 2.75) is 0 Å². The summed E-state index contributed by atoms with van der Waals surface area (Å²) in [7, 11) is 0. The van der Waals surface area contributed by atoms with E-state index in [-0.39, 0.29) is 5.56 Å². The summed E-state index contributed by atoms with van der Waals surface area (Å²) in [6.45, 7) is 0. The first kappa shape index (κ1) is 17.4. The molecular weight excluding hydrogens is 380 g/mol. The highest BCUT2D eigenvalue weighted by Crippen LogP contribution is 2.26. The Morgan fingerprint density at radius 3 is 2.14 bits per heavy atom. The van der Waals surface area contributed by atoms with Gasteiger partial charge < -0.3 is 4.74 Å². The number of rotatable bonds is 4. The molecule has 0 aliphatic heterocycles. The highest BCUT2D eigenvalue weighted by molar-refractivity contribution is 7.13. The molecule has 5 aromatic rings. The molecule has 5 heteroatoms. The quantitative estimate of drug-likeness (QED) is 0.379. The molecule has 0 N–H and O–H groups in total. The lowest BCUT2D eigenvalue weighted by molar-refractivity contribution is 0.482. The van der Waals surface area contributed by atoms with Gasteiger partial charge in [0.2, 0.25) is 0 Å². The first-order valence-corrected chi connectivity index (χ1v) is 9.96. The van der Waals surface area contributed by atoms with Crippen LogP contribution in [0.5, 0.6) is 11.5 Å². The number of nitrogens with zero attached hydrogens (tertiary/aromatic N) is 2. The van der Waals surface area contributed by atoms with Crippen LogP contribution in [0.2, 0.25) is 0 Å². The van der Waals surface area contributed by atoms with Crippen LogP contribution in [0.15, 0.2) is 102 Å². The lowest BCUT2D eigenvalue weighted by Crippen LogP contribution is -2.10.